The van der Waals surface area contributed by atoms with E-state index in [2.05, 4.69) is 11.8 Å². The first kappa shape index (κ1) is 11.3. The minimum absolute atomic E-state index is 0.304. The van der Waals surface area contributed by atoms with Crippen molar-refractivity contribution in [3.8, 4) is 11.8 Å². The second-order valence-electron chi connectivity index (χ2n) is 3.89. The maximum absolute atomic E-state index is 10.8. The van der Waals surface area contributed by atoms with Gasteiger partial charge in [-0.3, -0.25) is 0 Å². The van der Waals surface area contributed by atoms with E-state index in [-0.39, 0.29) is 5.41 Å². The number of carboxylic acids is 1. The minimum Gasteiger partial charge on any atom is -0.478 e. The Morgan fingerprint density at radius 3 is 2.60 bits per heavy atom. The van der Waals surface area contributed by atoms with Gasteiger partial charge in [-0.2, -0.15) is 0 Å². The molecule has 0 spiro atoms. The highest BCUT2D eigenvalue weighted by Gasteiger charge is 2.18. The zero-order valence-electron chi connectivity index (χ0n) is 9.16. The van der Waals surface area contributed by atoms with E-state index in [0.717, 1.165) is 5.56 Å². The van der Waals surface area contributed by atoms with Gasteiger partial charge >= 0.3 is 5.97 Å². The molecule has 0 unspecified atom stereocenters. The third-order valence-electron chi connectivity index (χ3n) is 2.27. The van der Waals surface area contributed by atoms with Crippen molar-refractivity contribution in [1.29, 1.82) is 0 Å². The Bertz CT molecular complexity index is 433. The second kappa shape index (κ2) is 4.18. The minimum atomic E-state index is -0.905. The molecule has 78 valence electrons. The highest BCUT2D eigenvalue weighted by molar-refractivity contribution is 5.87. The number of rotatable bonds is 2. The Morgan fingerprint density at radius 1 is 1.40 bits per heavy atom. The zero-order valence-corrected chi connectivity index (χ0v) is 9.16. The van der Waals surface area contributed by atoms with Crippen molar-refractivity contribution < 1.29 is 9.90 Å². The SMILES string of the molecule is CC#CC(C)(C)c1cccc(C(=O)O)c1. The molecule has 0 bridgehead atoms. The lowest BCUT2D eigenvalue weighted by atomic mass is 9.84. The van der Waals surface area contributed by atoms with E-state index < -0.39 is 5.97 Å². The van der Waals surface area contributed by atoms with Crippen molar-refractivity contribution in [2.45, 2.75) is 26.2 Å². The fourth-order valence-electron chi connectivity index (χ4n) is 1.43. The maximum atomic E-state index is 10.8. The van der Waals surface area contributed by atoms with E-state index in [1.165, 1.54) is 0 Å². The molecular weight excluding hydrogens is 188 g/mol. The maximum Gasteiger partial charge on any atom is 0.335 e. The average Bonchev–Trinajstić information content (AvgIpc) is 2.18. The highest BCUT2D eigenvalue weighted by atomic mass is 16.4. The highest BCUT2D eigenvalue weighted by Crippen LogP contribution is 2.23. The van der Waals surface area contributed by atoms with E-state index in [4.69, 9.17) is 5.11 Å². The topological polar surface area (TPSA) is 37.3 Å². The Kier molecular flexibility index (Phi) is 3.16. The van der Waals surface area contributed by atoms with Gasteiger partial charge < -0.3 is 5.11 Å². The van der Waals surface area contributed by atoms with Crippen LogP contribution >= 0.6 is 0 Å². The first-order valence-electron chi connectivity index (χ1n) is 4.75. The number of hydrogen-bond acceptors (Lipinski definition) is 1. The van der Waals surface area contributed by atoms with Gasteiger partial charge in [0, 0.05) is 0 Å². The van der Waals surface area contributed by atoms with Crippen molar-refractivity contribution in [2.24, 2.45) is 0 Å². The van der Waals surface area contributed by atoms with Gasteiger partial charge in [0.05, 0.1) is 11.0 Å². The van der Waals surface area contributed by atoms with Gasteiger partial charge in [0.15, 0.2) is 0 Å². The van der Waals surface area contributed by atoms with E-state index in [1.54, 1.807) is 25.1 Å². The molecule has 15 heavy (non-hydrogen) atoms. The lowest BCUT2D eigenvalue weighted by Gasteiger charge is -2.18. The fraction of sp³-hybridized carbons (Fsp3) is 0.308. The number of aromatic carboxylic acids is 1. The van der Waals surface area contributed by atoms with Crippen LogP contribution in [0.2, 0.25) is 0 Å². The molecule has 0 fully saturated rings. The van der Waals surface area contributed by atoms with Crippen LogP contribution in [0.1, 0.15) is 36.7 Å². The number of hydrogen-bond donors (Lipinski definition) is 1. The first-order chi connectivity index (χ1) is 6.97. The predicted molar refractivity (Wildman–Crippen MR) is 59.9 cm³/mol. The first-order valence-corrected chi connectivity index (χ1v) is 4.75. The van der Waals surface area contributed by atoms with Crippen LogP contribution in [0, 0.1) is 11.8 Å². The van der Waals surface area contributed by atoms with Gasteiger partial charge in [0.2, 0.25) is 0 Å². The van der Waals surface area contributed by atoms with Crippen molar-refractivity contribution >= 4 is 5.97 Å². The van der Waals surface area contributed by atoms with E-state index >= 15 is 0 Å². The standard InChI is InChI=1S/C13H14O2/c1-4-8-13(2,3)11-7-5-6-10(9-11)12(14)15/h5-7,9H,1-3H3,(H,14,15). The number of benzene rings is 1. The van der Waals surface area contributed by atoms with Crippen molar-refractivity contribution in [3.63, 3.8) is 0 Å². The molecule has 0 aliphatic carbocycles. The fourth-order valence-corrected chi connectivity index (χ4v) is 1.43. The van der Waals surface area contributed by atoms with E-state index in [1.807, 2.05) is 19.9 Å². The van der Waals surface area contributed by atoms with Gasteiger partial charge in [-0.15, -0.1) is 5.92 Å². The molecule has 0 saturated heterocycles. The normalized spacial score (nSPS) is 10.3. The molecule has 0 atom stereocenters. The molecule has 0 saturated carbocycles. The van der Waals surface area contributed by atoms with Crippen molar-refractivity contribution in [1.82, 2.24) is 0 Å². The summed E-state index contributed by atoms with van der Waals surface area (Å²) in [6.07, 6.45) is 0. The molecule has 1 rings (SSSR count). The molecule has 0 amide bonds. The molecule has 2 nitrogen and oxygen atoms in total. The summed E-state index contributed by atoms with van der Waals surface area (Å²) < 4.78 is 0. The Labute approximate surface area is 89.9 Å². The molecule has 0 aliphatic rings. The number of carboxylic acid groups (broad SMARTS) is 1. The van der Waals surface area contributed by atoms with Crippen LogP contribution in [0.25, 0.3) is 0 Å². The summed E-state index contributed by atoms with van der Waals surface area (Å²) in [5.41, 5.74) is 0.926. The van der Waals surface area contributed by atoms with E-state index in [0.29, 0.717) is 5.56 Å². The third-order valence-corrected chi connectivity index (χ3v) is 2.27. The van der Waals surface area contributed by atoms with Crippen LogP contribution < -0.4 is 0 Å². The summed E-state index contributed by atoms with van der Waals surface area (Å²) >= 11 is 0. The van der Waals surface area contributed by atoms with Gasteiger partial charge in [-0.05, 0) is 38.5 Å². The van der Waals surface area contributed by atoms with Crippen LogP contribution in [-0.4, -0.2) is 11.1 Å². The molecular formula is C13H14O2. The lowest BCUT2D eigenvalue weighted by Crippen LogP contribution is -2.15. The van der Waals surface area contributed by atoms with Gasteiger partial charge in [0.1, 0.15) is 0 Å². The smallest absolute Gasteiger partial charge is 0.335 e. The summed E-state index contributed by atoms with van der Waals surface area (Å²) in [5.74, 6) is 5.01. The Morgan fingerprint density at radius 2 is 2.07 bits per heavy atom. The molecule has 1 aromatic rings. The molecule has 1 aromatic carbocycles. The van der Waals surface area contributed by atoms with E-state index in [9.17, 15) is 4.79 Å². The van der Waals surface area contributed by atoms with Gasteiger partial charge in [0.25, 0.3) is 0 Å². The second-order valence-corrected chi connectivity index (χ2v) is 3.89. The summed E-state index contributed by atoms with van der Waals surface area (Å²) in [6, 6.07) is 6.91. The molecule has 0 aromatic heterocycles. The molecule has 0 radical (unpaired) electrons. The molecule has 1 N–H and O–H groups in total. The molecule has 2 heteroatoms. The summed E-state index contributed by atoms with van der Waals surface area (Å²) in [6.45, 7) is 5.73. The van der Waals surface area contributed by atoms with Crippen molar-refractivity contribution in [3.05, 3.63) is 35.4 Å². The third kappa shape index (κ3) is 2.60. The lowest BCUT2D eigenvalue weighted by molar-refractivity contribution is 0.0696. The van der Waals surface area contributed by atoms with Crippen LogP contribution in [0.15, 0.2) is 24.3 Å². The monoisotopic (exact) mass is 202 g/mol. The van der Waals surface area contributed by atoms with Gasteiger partial charge in [-0.25, -0.2) is 4.79 Å². The van der Waals surface area contributed by atoms with Gasteiger partial charge in [-0.1, -0.05) is 18.1 Å². The zero-order chi connectivity index (χ0) is 11.5. The molecule has 0 aliphatic heterocycles. The summed E-state index contributed by atoms with van der Waals surface area (Å²) in [5, 5.41) is 8.87. The van der Waals surface area contributed by atoms with Crippen LogP contribution in [0.5, 0.6) is 0 Å². The summed E-state index contributed by atoms with van der Waals surface area (Å²) in [4.78, 5) is 10.8. The van der Waals surface area contributed by atoms with Crippen molar-refractivity contribution in [2.75, 3.05) is 0 Å². The Balaban J connectivity index is 3.19. The van der Waals surface area contributed by atoms with Crippen LogP contribution in [0.3, 0.4) is 0 Å². The quantitative estimate of drug-likeness (QED) is 0.748. The predicted octanol–water partition coefficient (Wildman–Crippen LogP) is 2.69. The average molecular weight is 202 g/mol. The molecule has 0 heterocycles. The largest absolute Gasteiger partial charge is 0.478 e. The summed E-state index contributed by atoms with van der Waals surface area (Å²) in [7, 11) is 0. The van der Waals surface area contributed by atoms with Crippen LogP contribution in [0.4, 0.5) is 0 Å². The Hall–Kier alpha value is -1.75. The van der Waals surface area contributed by atoms with Crippen LogP contribution in [-0.2, 0) is 5.41 Å². The number of carbonyl (C=O) groups is 1.